The van der Waals surface area contributed by atoms with Crippen molar-refractivity contribution in [2.45, 2.75) is 0 Å². The highest BCUT2D eigenvalue weighted by atomic mass is 19.1. The number of nitrogens with zero attached hydrogens (tertiary/aromatic N) is 2. The van der Waals surface area contributed by atoms with Gasteiger partial charge in [0.25, 0.3) is 0 Å². The van der Waals surface area contributed by atoms with Crippen molar-refractivity contribution in [3.63, 3.8) is 0 Å². The van der Waals surface area contributed by atoms with Crippen LogP contribution in [0, 0.1) is 11.6 Å². The Bertz CT molecular complexity index is 537. The Morgan fingerprint density at radius 3 is 2.29 bits per heavy atom. The second-order valence-electron chi connectivity index (χ2n) is 3.29. The van der Waals surface area contributed by atoms with E-state index in [1.165, 1.54) is 13.2 Å². The van der Waals surface area contributed by atoms with Crippen LogP contribution in [0.1, 0.15) is 0 Å². The fourth-order valence-electron chi connectivity index (χ4n) is 1.42. The van der Waals surface area contributed by atoms with Crippen LogP contribution in [0.5, 0.6) is 5.75 Å². The Morgan fingerprint density at radius 1 is 1.12 bits per heavy atom. The second kappa shape index (κ2) is 4.32. The number of nitrogens with two attached hydrogens (primary N) is 1. The molecule has 1 aromatic carbocycles. The van der Waals surface area contributed by atoms with Crippen LogP contribution >= 0.6 is 0 Å². The molecule has 2 N–H and O–H groups in total. The lowest BCUT2D eigenvalue weighted by atomic mass is 10.1. The van der Waals surface area contributed by atoms with Gasteiger partial charge in [0.15, 0.2) is 0 Å². The standard InChI is InChI=1S/C11H9F2N3O/c1-17-6-2-7(12)11(8(13)3-6)9-4-10(14)16-5-15-9/h2-5H,1H3,(H2,14,15,16). The number of nitrogen functional groups attached to an aromatic ring is 1. The fourth-order valence-corrected chi connectivity index (χ4v) is 1.42. The largest absolute Gasteiger partial charge is 0.497 e. The summed E-state index contributed by atoms with van der Waals surface area (Å²) in [6.07, 6.45) is 1.15. The number of halogens is 2. The monoisotopic (exact) mass is 237 g/mol. The maximum absolute atomic E-state index is 13.7. The zero-order valence-electron chi connectivity index (χ0n) is 8.95. The first-order chi connectivity index (χ1) is 8.11. The molecule has 6 heteroatoms. The molecule has 0 unspecified atom stereocenters. The van der Waals surface area contributed by atoms with E-state index < -0.39 is 11.6 Å². The molecular weight excluding hydrogens is 228 g/mol. The predicted octanol–water partition coefficient (Wildman–Crippen LogP) is 2.01. The Hall–Kier alpha value is -2.24. The lowest BCUT2D eigenvalue weighted by Gasteiger charge is -2.07. The third-order valence-electron chi connectivity index (χ3n) is 2.20. The second-order valence-corrected chi connectivity index (χ2v) is 3.29. The number of ether oxygens (including phenoxy) is 1. The normalized spacial score (nSPS) is 10.3. The molecule has 1 heterocycles. The van der Waals surface area contributed by atoms with Crippen LogP contribution in [-0.2, 0) is 0 Å². The van der Waals surface area contributed by atoms with E-state index in [2.05, 4.69) is 9.97 Å². The van der Waals surface area contributed by atoms with E-state index in [-0.39, 0.29) is 22.8 Å². The Labute approximate surface area is 96.1 Å². The van der Waals surface area contributed by atoms with E-state index >= 15 is 0 Å². The van der Waals surface area contributed by atoms with Crippen molar-refractivity contribution in [1.29, 1.82) is 0 Å². The van der Waals surface area contributed by atoms with E-state index in [4.69, 9.17) is 10.5 Å². The molecule has 4 nitrogen and oxygen atoms in total. The summed E-state index contributed by atoms with van der Waals surface area (Å²) in [6.45, 7) is 0. The zero-order chi connectivity index (χ0) is 12.4. The molecule has 0 atom stereocenters. The lowest BCUT2D eigenvalue weighted by Crippen LogP contribution is -1.97. The molecule has 0 aliphatic rings. The van der Waals surface area contributed by atoms with Crippen molar-refractivity contribution in [3.05, 3.63) is 36.2 Å². The van der Waals surface area contributed by atoms with Gasteiger partial charge < -0.3 is 10.5 Å². The minimum absolute atomic E-state index is 0.0927. The molecule has 2 aromatic rings. The van der Waals surface area contributed by atoms with Gasteiger partial charge in [0, 0.05) is 18.2 Å². The highest BCUT2D eigenvalue weighted by Crippen LogP contribution is 2.28. The molecule has 0 aliphatic heterocycles. The summed E-state index contributed by atoms with van der Waals surface area (Å²) in [7, 11) is 1.33. The summed E-state index contributed by atoms with van der Waals surface area (Å²) in [6, 6.07) is 3.46. The quantitative estimate of drug-likeness (QED) is 0.867. The van der Waals surface area contributed by atoms with Crippen molar-refractivity contribution >= 4 is 5.82 Å². The molecule has 0 bridgehead atoms. The van der Waals surface area contributed by atoms with Gasteiger partial charge >= 0.3 is 0 Å². The summed E-state index contributed by atoms with van der Waals surface area (Å²) < 4.78 is 32.1. The van der Waals surface area contributed by atoms with Crippen LogP contribution < -0.4 is 10.5 Å². The average molecular weight is 237 g/mol. The molecule has 88 valence electrons. The van der Waals surface area contributed by atoms with Gasteiger partial charge in [0.2, 0.25) is 0 Å². The minimum Gasteiger partial charge on any atom is -0.497 e. The fraction of sp³-hybridized carbons (Fsp3) is 0.0909. The van der Waals surface area contributed by atoms with Crippen LogP contribution in [0.2, 0.25) is 0 Å². The molecule has 0 radical (unpaired) electrons. The predicted molar refractivity (Wildman–Crippen MR) is 58.3 cm³/mol. The van der Waals surface area contributed by atoms with Crippen molar-refractivity contribution < 1.29 is 13.5 Å². The van der Waals surface area contributed by atoms with Gasteiger partial charge in [-0.25, -0.2) is 18.7 Å². The Morgan fingerprint density at radius 2 is 1.76 bits per heavy atom. The van der Waals surface area contributed by atoms with Gasteiger partial charge in [-0.05, 0) is 0 Å². The first kappa shape index (κ1) is 11.3. The Balaban J connectivity index is 2.60. The summed E-state index contributed by atoms with van der Waals surface area (Å²) in [5, 5.41) is 0. The zero-order valence-corrected chi connectivity index (χ0v) is 8.95. The topological polar surface area (TPSA) is 61.0 Å². The van der Waals surface area contributed by atoms with E-state index in [9.17, 15) is 8.78 Å². The maximum Gasteiger partial charge on any atom is 0.139 e. The van der Waals surface area contributed by atoms with Gasteiger partial charge in [-0.2, -0.15) is 0 Å². The number of hydrogen-bond acceptors (Lipinski definition) is 4. The molecule has 0 amide bonds. The molecule has 2 rings (SSSR count). The molecule has 17 heavy (non-hydrogen) atoms. The van der Waals surface area contributed by atoms with Gasteiger partial charge in [-0.1, -0.05) is 0 Å². The summed E-state index contributed by atoms with van der Waals surface area (Å²) in [5.74, 6) is -1.28. The molecular formula is C11H9F2N3O. The van der Waals surface area contributed by atoms with E-state index in [0.717, 1.165) is 18.5 Å². The first-order valence-corrected chi connectivity index (χ1v) is 4.72. The molecule has 0 saturated heterocycles. The highest BCUT2D eigenvalue weighted by molar-refractivity contribution is 5.64. The van der Waals surface area contributed by atoms with E-state index in [1.807, 2.05) is 0 Å². The number of hydrogen-bond donors (Lipinski definition) is 1. The SMILES string of the molecule is COc1cc(F)c(-c2cc(N)ncn2)c(F)c1. The smallest absolute Gasteiger partial charge is 0.139 e. The highest BCUT2D eigenvalue weighted by Gasteiger charge is 2.15. The van der Waals surface area contributed by atoms with Crippen molar-refractivity contribution in [3.8, 4) is 17.0 Å². The molecule has 0 saturated carbocycles. The number of aromatic nitrogens is 2. The average Bonchev–Trinajstić information content (AvgIpc) is 2.28. The lowest BCUT2D eigenvalue weighted by molar-refractivity contribution is 0.407. The first-order valence-electron chi connectivity index (χ1n) is 4.72. The van der Waals surface area contributed by atoms with E-state index in [0.29, 0.717) is 0 Å². The molecule has 0 spiro atoms. The van der Waals surface area contributed by atoms with Gasteiger partial charge in [-0.3, -0.25) is 0 Å². The third-order valence-corrected chi connectivity index (χ3v) is 2.20. The van der Waals surface area contributed by atoms with Crippen molar-refractivity contribution in [2.24, 2.45) is 0 Å². The number of benzene rings is 1. The minimum atomic E-state index is -0.764. The summed E-state index contributed by atoms with van der Waals surface area (Å²) >= 11 is 0. The van der Waals surface area contributed by atoms with Crippen LogP contribution in [0.25, 0.3) is 11.3 Å². The van der Waals surface area contributed by atoms with Crippen LogP contribution in [0.3, 0.4) is 0 Å². The molecule has 0 aliphatic carbocycles. The number of anilines is 1. The Kier molecular flexibility index (Phi) is 2.86. The molecule has 0 fully saturated rings. The molecule has 1 aromatic heterocycles. The number of methoxy groups -OCH3 is 1. The van der Waals surface area contributed by atoms with Crippen LogP contribution in [-0.4, -0.2) is 17.1 Å². The van der Waals surface area contributed by atoms with Crippen molar-refractivity contribution in [2.75, 3.05) is 12.8 Å². The maximum atomic E-state index is 13.7. The van der Waals surface area contributed by atoms with Crippen LogP contribution in [0.15, 0.2) is 24.5 Å². The van der Waals surface area contributed by atoms with Gasteiger partial charge in [-0.15, -0.1) is 0 Å². The third kappa shape index (κ3) is 2.15. The van der Waals surface area contributed by atoms with Crippen molar-refractivity contribution in [1.82, 2.24) is 9.97 Å². The summed E-state index contributed by atoms with van der Waals surface area (Å²) in [4.78, 5) is 7.43. The summed E-state index contributed by atoms with van der Waals surface area (Å²) in [5.41, 5.74) is 5.27. The van der Waals surface area contributed by atoms with Gasteiger partial charge in [0.1, 0.15) is 29.5 Å². The van der Waals surface area contributed by atoms with Crippen LogP contribution in [0.4, 0.5) is 14.6 Å². The van der Waals surface area contributed by atoms with E-state index in [1.54, 1.807) is 0 Å². The van der Waals surface area contributed by atoms with Gasteiger partial charge in [0.05, 0.1) is 18.4 Å². The number of rotatable bonds is 2.